The maximum Gasteiger partial charge on any atom is 0.322 e. The third-order valence-corrected chi connectivity index (χ3v) is 9.36. The van der Waals surface area contributed by atoms with Gasteiger partial charge in [-0.2, -0.15) is 0 Å². The van der Waals surface area contributed by atoms with Crippen molar-refractivity contribution in [3.8, 4) is 0 Å². The maximum atomic E-state index is 13.2. The number of nitrogens with one attached hydrogen (secondary N) is 2. The molecule has 3 aliphatic rings. The molecule has 5 aromatic heterocycles. The Hall–Kier alpha value is -4.21. The van der Waals surface area contributed by atoms with Crippen LogP contribution in [-0.4, -0.2) is 41.1 Å². The first kappa shape index (κ1) is 23.7. The molecule has 0 aromatic carbocycles. The number of urea groups is 1. The summed E-state index contributed by atoms with van der Waals surface area (Å²) in [5.74, 6) is 0. The van der Waals surface area contributed by atoms with Gasteiger partial charge in [-0.15, -0.1) is 0 Å². The first-order chi connectivity index (χ1) is 19.7. The summed E-state index contributed by atoms with van der Waals surface area (Å²) in [4.78, 5) is 44.8. The highest BCUT2D eigenvalue weighted by atomic mass is 16.2. The highest BCUT2D eigenvalue weighted by Crippen LogP contribution is 2.42. The number of nitrogens with zero attached hydrogens (tertiary/aromatic N) is 6. The summed E-state index contributed by atoms with van der Waals surface area (Å²) >= 11 is 0. The molecule has 2 unspecified atom stereocenters. The molecule has 6 heterocycles. The average molecular weight is 537 g/mol. The Labute approximate surface area is 230 Å². The van der Waals surface area contributed by atoms with E-state index >= 15 is 0 Å². The molecule has 2 N–H and O–H groups in total. The van der Waals surface area contributed by atoms with E-state index in [1.807, 2.05) is 17.3 Å². The standard InChI is InChI=1S/C30H32N8O2/c39-24-10-12-36(27-23(24)16-31-28-25(27)34-17-35-28)20-7-4-8-21(13-20)37-11-9-22-26-18(14-32-29(22)37)15-33-30(40)38(26)19-5-2-1-3-6-19/h9-12,14,16-17,19-21H,1-8,13,15H2,(H,33,40)(H,31,34,35). The van der Waals surface area contributed by atoms with Gasteiger partial charge in [0.15, 0.2) is 11.1 Å². The minimum absolute atomic E-state index is 0.0158. The first-order valence-corrected chi connectivity index (χ1v) is 14.6. The molecule has 10 nitrogen and oxygen atoms in total. The van der Waals surface area contributed by atoms with Gasteiger partial charge in [0.25, 0.3) is 0 Å². The molecule has 40 heavy (non-hydrogen) atoms. The van der Waals surface area contributed by atoms with Crippen molar-refractivity contribution in [2.75, 3.05) is 4.90 Å². The summed E-state index contributed by atoms with van der Waals surface area (Å²) in [5.41, 5.74) is 5.36. The molecule has 2 atom stereocenters. The van der Waals surface area contributed by atoms with Crippen LogP contribution in [0.2, 0.25) is 0 Å². The lowest BCUT2D eigenvalue weighted by atomic mass is 9.90. The van der Waals surface area contributed by atoms with E-state index in [1.165, 1.54) is 19.3 Å². The van der Waals surface area contributed by atoms with E-state index < -0.39 is 0 Å². The maximum absolute atomic E-state index is 13.2. The molecule has 2 saturated carbocycles. The quantitative estimate of drug-likeness (QED) is 0.323. The van der Waals surface area contributed by atoms with Crippen molar-refractivity contribution in [2.24, 2.45) is 0 Å². The van der Waals surface area contributed by atoms with E-state index in [1.54, 1.807) is 18.6 Å². The average Bonchev–Trinajstić information content (AvgIpc) is 3.65. The SMILES string of the molecule is O=C1NCc2cnc3c(ccn3C3CCCC(n4ccc(=O)c5cnc6nc[nH]c6c54)C3)c2N1C1CCCCC1. The Balaban J connectivity index is 1.19. The molecule has 0 spiro atoms. The highest BCUT2D eigenvalue weighted by molar-refractivity contribution is 6.05. The molecule has 10 heteroatoms. The molecule has 2 aliphatic carbocycles. The molecule has 204 valence electrons. The summed E-state index contributed by atoms with van der Waals surface area (Å²) in [6, 6.07) is 4.55. The van der Waals surface area contributed by atoms with Crippen molar-refractivity contribution >= 4 is 44.8 Å². The lowest BCUT2D eigenvalue weighted by molar-refractivity contribution is 0.239. The van der Waals surface area contributed by atoms with Gasteiger partial charge in [0.2, 0.25) is 0 Å². The van der Waals surface area contributed by atoms with Crippen molar-refractivity contribution < 1.29 is 4.79 Å². The number of carbonyl (C=O) groups excluding carboxylic acids is 1. The summed E-state index contributed by atoms with van der Waals surface area (Å²) < 4.78 is 4.58. The van der Waals surface area contributed by atoms with E-state index in [4.69, 9.17) is 4.98 Å². The number of hydrogen-bond acceptors (Lipinski definition) is 5. The minimum atomic E-state index is -0.0282. The van der Waals surface area contributed by atoms with E-state index in [-0.39, 0.29) is 29.6 Å². The van der Waals surface area contributed by atoms with Gasteiger partial charge in [-0.1, -0.05) is 19.3 Å². The number of hydrogen-bond donors (Lipinski definition) is 2. The third-order valence-electron chi connectivity index (χ3n) is 9.36. The zero-order valence-corrected chi connectivity index (χ0v) is 22.3. The van der Waals surface area contributed by atoms with Crippen LogP contribution in [0.5, 0.6) is 0 Å². The van der Waals surface area contributed by atoms with E-state index in [9.17, 15) is 9.59 Å². The van der Waals surface area contributed by atoms with Gasteiger partial charge in [-0.3, -0.25) is 9.69 Å². The van der Waals surface area contributed by atoms with Crippen LogP contribution in [0.15, 0.2) is 48.0 Å². The number of rotatable bonds is 3. The Morgan fingerprint density at radius 1 is 0.800 bits per heavy atom. The van der Waals surface area contributed by atoms with Crippen LogP contribution >= 0.6 is 0 Å². The van der Waals surface area contributed by atoms with Crippen LogP contribution in [0, 0.1) is 0 Å². The molecule has 0 saturated heterocycles. The van der Waals surface area contributed by atoms with Crippen LogP contribution in [0.3, 0.4) is 0 Å². The third kappa shape index (κ3) is 3.58. The predicted octanol–water partition coefficient (Wildman–Crippen LogP) is 5.34. The highest BCUT2D eigenvalue weighted by Gasteiger charge is 2.34. The fraction of sp³-hybridized carbons (Fsp3) is 0.433. The van der Waals surface area contributed by atoms with E-state index in [2.05, 4.69) is 41.7 Å². The van der Waals surface area contributed by atoms with Crippen LogP contribution in [0.1, 0.15) is 75.4 Å². The molecule has 0 bridgehead atoms. The summed E-state index contributed by atoms with van der Waals surface area (Å²) in [5, 5.41) is 4.76. The lowest BCUT2D eigenvalue weighted by Crippen LogP contribution is -2.50. The van der Waals surface area contributed by atoms with Crippen LogP contribution in [0.25, 0.3) is 33.1 Å². The monoisotopic (exact) mass is 536 g/mol. The smallest absolute Gasteiger partial charge is 0.322 e. The van der Waals surface area contributed by atoms with Gasteiger partial charge in [-0.05, 0) is 44.6 Å². The van der Waals surface area contributed by atoms with Crippen molar-refractivity contribution in [1.29, 1.82) is 0 Å². The van der Waals surface area contributed by atoms with E-state index in [0.29, 0.717) is 17.6 Å². The van der Waals surface area contributed by atoms with Crippen molar-refractivity contribution in [3.63, 3.8) is 0 Å². The second-order valence-corrected chi connectivity index (χ2v) is 11.6. The molecule has 8 rings (SSSR count). The summed E-state index contributed by atoms with van der Waals surface area (Å²) in [6.07, 6.45) is 19.1. The molecular formula is C30H32N8O2. The number of fused-ring (bicyclic) bond motifs is 6. The van der Waals surface area contributed by atoms with Crippen LogP contribution in [0.4, 0.5) is 10.5 Å². The number of anilines is 1. The predicted molar refractivity (Wildman–Crippen MR) is 154 cm³/mol. The zero-order chi connectivity index (χ0) is 26.8. The van der Waals surface area contributed by atoms with Gasteiger partial charge >= 0.3 is 6.03 Å². The van der Waals surface area contributed by atoms with Gasteiger partial charge < -0.3 is 19.4 Å². The number of aromatic nitrogens is 6. The van der Waals surface area contributed by atoms with E-state index in [0.717, 1.165) is 71.8 Å². The van der Waals surface area contributed by atoms with Gasteiger partial charge in [0, 0.05) is 66.5 Å². The van der Waals surface area contributed by atoms with Crippen molar-refractivity contribution in [3.05, 3.63) is 59.0 Å². The van der Waals surface area contributed by atoms with Crippen LogP contribution in [-0.2, 0) is 6.54 Å². The zero-order valence-electron chi connectivity index (χ0n) is 22.3. The second kappa shape index (κ2) is 9.18. The molecular weight excluding hydrogens is 504 g/mol. The van der Waals surface area contributed by atoms with Gasteiger partial charge in [-0.25, -0.2) is 19.7 Å². The number of H-pyrrole nitrogens is 1. The van der Waals surface area contributed by atoms with Crippen molar-refractivity contribution in [1.82, 2.24) is 34.4 Å². The largest absolute Gasteiger partial charge is 0.342 e. The summed E-state index contributed by atoms with van der Waals surface area (Å²) in [6.45, 7) is 0.521. The fourth-order valence-corrected chi connectivity index (χ4v) is 7.48. The van der Waals surface area contributed by atoms with Crippen LogP contribution < -0.4 is 15.6 Å². The topological polar surface area (TPSA) is 114 Å². The normalized spacial score (nSPS) is 22.2. The minimum Gasteiger partial charge on any atom is -0.342 e. The molecule has 5 aromatic rings. The molecule has 2 amide bonds. The van der Waals surface area contributed by atoms with Gasteiger partial charge in [0.1, 0.15) is 11.2 Å². The molecule has 0 radical (unpaired) electrons. The van der Waals surface area contributed by atoms with Crippen molar-refractivity contribution in [2.45, 2.75) is 82.5 Å². The number of pyridine rings is 3. The first-order valence-electron chi connectivity index (χ1n) is 14.6. The molecule has 1 aliphatic heterocycles. The fourth-order valence-electron chi connectivity index (χ4n) is 7.48. The Kier molecular flexibility index (Phi) is 5.43. The number of amides is 2. The number of aromatic amines is 1. The number of imidazole rings is 1. The van der Waals surface area contributed by atoms with Gasteiger partial charge in [0.05, 0.1) is 22.9 Å². The number of carbonyl (C=O) groups is 1. The Bertz CT molecular complexity index is 1830. The second-order valence-electron chi connectivity index (χ2n) is 11.6. The lowest BCUT2D eigenvalue weighted by Gasteiger charge is -2.38. The summed E-state index contributed by atoms with van der Waals surface area (Å²) in [7, 11) is 0. The Morgan fingerprint density at radius 3 is 2.48 bits per heavy atom. The Morgan fingerprint density at radius 2 is 1.60 bits per heavy atom. The molecule has 2 fully saturated rings.